The van der Waals surface area contributed by atoms with E-state index in [1.807, 2.05) is 0 Å². The average Bonchev–Trinajstić information content (AvgIpc) is 2.06. The fourth-order valence-electron chi connectivity index (χ4n) is 0.682. The van der Waals surface area contributed by atoms with Crippen molar-refractivity contribution in [2.75, 3.05) is 13.6 Å². The molecule has 0 unspecified atom stereocenters. The number of hydrogen-bond donors (Lipinski definition) is 0. The van der Waals surface area contributed by atoms with E-state index in [0.717, 1.165) is 19.3 Å². The molecule has 0 saturated heterocycles. The predicted molar refractivity (Wildman–Crippen MR) is 59.0 cm³/mol. The van der Waals surface area contributed by atoms with E-state index in [2.05, 4.69) is 39.6 Å². The van der Waals surface area contributed by atoms with Gasteiger partial charge in [-0.1, -0.05) is 20.3 Å². The van der Waals surface area contributed by atoms with E-state index < -0.39 is 0 Å². The summed E-state index contributed by atoms with van der Waals surface area (Å²) in [5.41, 5.74) is 0. The van der Waals surface area contributed by atoms with Crippen LogP contribution in [0.5, 0.6) is 0 Å². The Morgan fingerprint density at radius 1 is 1.31 bits per heavy atom. The summed E-state index contributed by atoms with van der Waals surface area (Å²) in [6, 6.07) is 0.589. The van der Waals surface area contributed by atoms with Crippen LogP contribution in [-0.2, 0) is 4.79 Å². The molecule has 0 aromatic rings. The Morgan fingerprint density at radius 2 is 1.77 bits per heavy atom. The quantitative estimate of drug-likeness (QED) is 0.487. The minimum atomic E-state index is 0.589. The molecular formula is C11H25NO. The van der Waals surface area contributed by atoms with E-state index in [1.54, 1.807) is 0 Å². The summed E-state index contributed by atoms with van der Waals surface area (Å²) in [7, 11) is 2.08. The SMILES string of the molecule is CC(C)N(C)CCCC=O.CCC. The summed E-state index contributed by atoms with van der Waals surface area (Å²) in [6.07, 6.45) is 3.91. The standard InChI is InChI=1S/C8H17NO.C3H8/c1-8(2)9(3)6-4-5-7-10;1-3-2/h7-8H,4-6H2,1-3H3;3H2,1-2H3. The van der Waals surface area contributed by atoms with Crippen molar-refractivity contribution in [3.05, 3.63) is 0 Å². The lowest BCUT2D eigenvalue weighted by Crippen LogP contribution is -2.27. The van der Waals surface area contributed by atoms with Crippen LogP contribution in [0, 0.1) is 0 Å². The van der Waals surface area contributed by atoms with Crippen LogP contribution in [0.4, 0.5) is 0 Å². The molecular weight excluding hydrogens is 162 g/mol. The van der Waals surface area contributed by atoms with Crippen LogP contribution in [0.25, 0.3) is 0 Å². The van der Waals surface area contributed by atoms with Crippen molar-refractivity contribution in [2.45, 2.75) is 53.0 Å². The van der Waals surface area contributed by atoms with Crippen LogP contribution in [0.2, 0.25) is 0 Å². The smallest absolute Gasteiger partial charge is 0.120 e. The first-order valence-corrected chi connectivity index (χ1v) is 5.23. The molecule has 2 nitrogen and oxygen atoms in total. The average molecular weight is 187 g/mol. The molecule has 0 aliphatic heterocycles. The van der Waals surface area contributed by atoms with Crippen molar-refractivity contribution in [3.63, 3.8) is 0 Å². The monoisotopic (exact) mass is 187 g/mol. The molecule has 0 heterocycles. The molecule has 2 heteroatoms. The normalized spacial score (nSPS) is 9.77. The van der Waals surface area contributed by atoms with Crippen molar-refractivity contribution in [1.29, 1.82) is 0 Å². The van der Waals surface area contributed by atoms with Crippen molar-refractivity contribution in [3.8, 4) is 0 Å². The number of nitrogens with zero attached hydrogens (tertiary/aromatic N) is 1. The summed E-state index contributed by atoms with van der Waals surface area (Å²) < 4.78 is 0. The zero-order valence-electron chi connectivity index (χ0n) is 9.84. The second-order valence-electron chi connectivity index (χ2n) is 3.59. The summed E-state index contributed by atoms with van der Waals surface area (Å²) in [6.45, 7) is 9.58. The van der Waals surface area contributed by atoms with Gasteiger partial charge in [0.15, 0.2) is 0 Å². The van der Waals surface area contributed by atoms with Gasteiger partial charge in [-0.05, 0) is 33.9 Å². The van der Waals surface area contributed by atoms with Gasteiger partial charge in [-0.3, -0.25) is 0 Å². The third-order valence-electron chi connectivity index (χ3n) is 1.71. The fourth-order valence-corrected chi connectivity index (χ4v) is 0.682. The Morgan fingerprint density at radius 3 is 2.08 bits per heavy atom. The van der Waals surface area contributed by atoms with Crippen LogP contribution in [-0.4, -0.2) is 30.8 Å². The number of carbonyl (C=O) groups excluding carboxylic acids is 1. The molecule has 0 bridgehead atoms. The van der Waals surface area contributed by atoms with E-state index in [9.17, 15) is 4.79 Å². The van der Waals surface area contributed by atoms with Crippen molar-refractivity contribution in [1.82, 2.24) is 4.90 Å². The first-order chi connectivity index (χ1) is 6.09. The van der Waals surface area contributed by atoms with Gasteiger partial charge in [-0.15, -0.1) is 0 Å². The van der Waals surface area contributed by atoms with E-state index in [0.29, 0.717) is 12.5 Å². The first kappa shape index (κ1) is 15.1. The summed E-state index contributed by atoms with van der Waals surface area (Å²) in [5, 5.41) is 0. The van der Waals surface area contributed by atoms with Gasteiger partial charge in [0.05, 0.1) is 0 Å². The molecule has 0 aromatic carbocycles. The molecule has 0 N–H and O–H groups in total. The van der Waals surface area contributed by atoms with Crippen LogP contribution in [0.1, 0.15) is 47.0 Å². The van der Waals surface area contributed by atoms with E-state index >= 15 is 0 Å². The molecule has 0 amide bonds. The highest BCUT2D eigenvalue weighted by atomic mass is 16.1. The van der Waals surface area contributed by atoms with Crippen molar-refractivity contribution >= 4 is 6.29 Å². The molecule has 80 valence electrons. The Hall–Kier alpha value is -0.370. The second-order valence-corrected chi connectivity index (χ2v) is 3.59. The summed E-state index contributed by atoms with van der Waals surface area (Å²) >= 11 is 0. The zero-order chi connectivity index (χ0) is 10.7. The summed E-state index contributed by atoms with van der Waals surface area (Å²) in [4.78, 5) is 12.2. The Bertz CT molecular complexity index is 102. The number of aldehydes is 1. The predicted octanol–water partition coefficient (Wildman–Crippen LogP) is 2.72. The lowest BCUT2D eigenvalue weighted by Gasteiger charge is -2.19. The maximum Gasteiger partial charge on any atom is 0.120 e. The maximum absolute atomic E-state index is 9.94. The van der Waals surface area contributed by atoms with Gasteiger partial charge in [0.25, 0.3) is 0 Å². The lowest BCUT2D eigenvalue weighted by molar-refractivity contribution is -0.108. The van der Waals surface area contributed by atoms with Gasteiger partial charge in [-0.2, -0.15) is 0 Å². The number of carbonyl (C=O) groups is 1. The van der Waals surface area contributed by atoms with E-state index in [-0.39, 0.29) is 0 Å². The first-order valence-electron chi connectivity index (χ1n) is 5.23. The molecule has 0 fully saturated rings. The molecule has 0 atom stereocenters. The molecule has 13 heavy (non-hydrogen) atoms. The van der Waals surface area contributed by atoms with Crippen molar-refractivity contribution < 1.29 is 4.79 Å². The lowest BCUT2D eigenvalue weighted by atomic mass is 10.3. The number of hydrogen-bond acceptors (Lipinski definition) is 2. The fraction of sp³-hybridized carbons (Fsp3) is 0.909. The molecule has 0 rings (SSSR count). The summed E-state index contributed by atoms with van der Waals surface area (Å²) in [5.74, 6) is 0. The van der Waals surface area contributed by atoms with Gasteiger partial charge in [-0.25, -0.2) is 0 Å². The largest absolute Gasteiger partial charge is 0.304 e. The van der Waals surface area contributed by atoms with Crippen molar-refractivity contribution in [2.24, 2.45) is 0 Å². The number of unbranched alkanes of at least 4 members (excludes halogenated alkanes) is 1. The highest BCUT2D eigenvalue weighted by molar-refractivity contribution is 5.48. The second kappa shape index (κ2) is 11.6. The highest BCUT2D eigenvalue weighted by Gasteiger charge is 2.00. The van der Waals surface area contributed by atoms with Gasteiger partial charge < -0.3 is 9.69 Å². The zero-order valence-corrected chi connectivity index (χ0v) is 9.84. The van der Waals surface area contributed by atoms with Crippen LogP contribution in [0.15, 0.2) is 0 Å². The van der Waals surface area contributed by atoms with Gasteiger partial charge in [0, 0.05) is 12.5 Å². The maximum atomic E-state index is 9.94. The number of rotatable bonds is 5. The Kier molecular flexibility index (Phi) is 13.5. The minimum absolute atomic E-state index is 0.589. The topological polar surface area (TPSA) is 20.3 Å². The molecule has 0 aliphatic rings. The Balaban J connectivity index is 0. The molecule has 0 spiro atoms. The molecule has 0 aliphatic carbocycles. The molecule has 0 aromatic heterocycles. The third kappa shape index (κ3) is 14.5. The van der Waals surface area contributed by atoms with Gasteiger partial charge >= 0.3 is 0 Å². The van der Waals surface area contributed by atoms with Gasteiger partial charge in [0.1, 0.15) is 6.29 Å². The molecule has 0 saturated carbocycles. The van der Waals surface area contributed by atoms with Crippen LogP contribution in [0.3, 0.4) is 0 Å². The van der Waals surface area contributed by atoms with Crippen LogP contribution < -0.4 is 0 Å². The van der Waals surface area contributed by atoms with Crippen LogP contribution >= 0.6 is 0 Å². The van der Waals surface area contributed by atoms with E-state index in [1.165, 1.54) is 6.42 Å². The van der Waals surface area contributed by atoms with Gasteiger partial charge in [0.2, 0.25) is 0 Å². The highest BCUT2D eigenvalue weighted by Crippen LogP contribution is 1.95. The minimum Gasteiger partial charge on any atom is -0.304 e. The molecule has 0 radical (unpaired) electrons. The van der Waals surface area contributed by atoms with E-state index in [4.69, 9.17) is 0 Å². The Labute approximate surface area is 83.3 Å². The third-order valence-corrected chi connectivity index (χ3v) is 1.71.